The van der Waals surface area contributed by atoms with Crippen LogP contribution in [0, 0.1) is 5.92 Å². The van der Waals surface area contributed by atoms with E-state index in [1.807, 2.05) is 0 Å². The number of ether oxygens (including phenoxy) is 1. The lowest BCUT2D eigenvalue weighted by atomic mass is 10.1. The van der Waals surface area contributed by atoms with E-state index in [0.29, 0.717) is 0 Å². The molecule has 2 unspecified atom stereocenters. The number of nitrogens with one attached hydrogen (secondary N) is 1. The zero-order valence-corrected chi connectivity index (χ0v) is 6.82. The van der Waals surface area contributed by atoms with Gasteiger partial charge in [0.25, 0.3) is 0 Å². The Morgan fingerprint density at radius 2 is 2.50 bits per heavy atom. The molecule has 2 aliphatic heterocycles. The van der Waals surface area contributed by atoms with Crippen LogP contribution in [0.15, 0.2) is 0 Å². The van der Waals surface area contributed by atoms with Crippen LogP contribution in [0.2, 0.25) is 0 Å². The number of hydrogen-bond acceptors (Lipinski definition) is 3. The van der Waals surface area contributed by atoms with Crippen LogP contribution in [0.25, 0.3) is 0 Å². The van der Waals surface area contributed by atoms with Gasteiger partial charge in [0.05, 0.1) is 13.2 Å². The number of hydrogen-bond donors (Lipinski definition) is 1. The van der Waals surface area contributed by atoms with E-state index in [9.17, 15) is 0 Å². The highest BCUT2D eigenvalue weighted by atomic mass is 32.2. The van der Waals surface area contributed by atoms with E-state index in [0.717, 1.165) is 30.9 Å². The fraction of sp³-hybridized carbons (Fsp3) is 1.00. The number of rotatable bonds is 0. The highest BCUT2D eigenvalue weighted by Gasteiger charge is 2.31. The molecule has 2 nitrogen and oxygen atoms in total. The molecule has 0 saturated carbocycles. The van der Waals surface area contributed by atoms with Crippen molar-refractivity contribution in [3.63, 3.8) is 0 Å². The summed E-state index contributed by atoms with van der Waals surface area (Å²) < 4.78 is 5.43. The van der Waals surface area contributed by atoms with Crippen LogP contribution in [-0.2, 0) is 4.74 Å². The summed E-state index contributed by atoms with van der Waals surface area (Å²) in [4.78, 5) is 0. The molecule has 0 aliphatic carbocycles. The van der Waals surface area contributed by atoms with Crippen molar-refractivity contribution >= 4 is 11.8 Å². The standard InChI is InChI=1S/C7H13NOS/c1-2-9-4-6-5-10-7(6)3-8-1/h6-8H,1-5H2. The van der Waals surface area contributed by atoms with Gasteiger partial charge in [-0.05, 0) is 5.75 Å². The summed E-state index contributed by atoms with van der Waals surface area (Å²) in [7, 11) is 0. The third kappa shape index (κ3) is 1.31. The summed E-state index contributed by atoms with van der Waals surface area (Å²) in [6, 6.07) is 0. The van der Waals surface area contributed by atoms with Crippen LogP contribution < -0.4 is 5.32 Å². The van der Waals surface area contributed by atoms with Crippen molar-refractivity contribution in [2.75, 3.05) is 32.1 Å². The van der Waals surface area contributed by atoms with Crippen molar-refractivity contribution in [2.45, 2.75) is 5.25 Å². The zero-order valence-electron chi connectivity index (χ0n) is 6.01. The molecule has 0 aromatic heterocycles. The van der Waals surface area contributed by atoms with E-state index in [4.69, 9.17) is 4.74 Å². The summed E-state index contributed by atoms with van der Waals surface area (Å²) in [5, 5.41) is 4.22. The first-order chi connectivity index (χ1) is 4.97. The predicted octanol–water partition coefficient (Wildman–Crippen LogP) is 0.338. The Bertz CT molecular complexity index is 106. The van der Waals surface area contributed by atoms with E-state index in [-0.39, 0.29) is 0 Å². The van der Waals surface area contributed by atoms with Crippen molar-refractivity contribution in [2.24, 2.45) is 5.92 Å². The van der Waals surface area contributed by atoms with E-state index in [1.165, 1.54) is 12.3 Å². The molecule has 58 valence electrons. The molecule has 2 atom stereocenters. The third-order valence-electron chi connectivity index (χ3n) is 2.15. The van der Waals surface area contributed by atoms with Crippen molar-refractivity contribution in [3.05, 3.63) is 0 Å². The highest BCUT2D eigenvalue weighted by Crippen LogP contribution is 2.34. The van der Waals surface area contributed by atoms with Gasteiger partial charge in [0.2, 0.25) is 0 Å². The Morgan fingerprint density at radius 1 is 1.50 bits per heavy atom. The Kier molecular flexibility index (Phi) is 2.16. The summed E-state index contributed by atoms with van der Waals surface area (Å²) in [5.41, 5.74) is 0. The molecule has 2 aliphatic rings. The molecule has 10 heavy (non-hydrogen) atoms. The molecule has 2 heterocycles. The summed E-state index contributed by atoms with van der Waals surface area (Å²) in [6.07, 6.45) is 0. The van der Waals surface area contributed by atoms with Crippen molar-refractivity contribution < 1.29 is 4.74 Å². The van der Waals surface area contributed by atoms with Gasteiger partial charge in [-0.1, -0.05) is 0 Å². The van der Waals surface area contributed by atoms with Crippen LogP contribution in [0.1, 0.15) is 0 Å². The third-order valence-corrected chi connectivity index (χ3v) is 3.75. The fourth-order valence-corrected chi connectivity index (χ4v) is 2.52. The summed E-state index contributed by atoms with van der Waals surface area (Å²) >= 11 is 2.07. The molecule has 0 aromatic rings. The van der Waals surface area contributed by atoms with E-state index in [1.54, 1.807) is 0 Å². The summed E-state index contributed by atoms with van der Waals surface area (Å²) in [5.74, 6) is 2.16. The minimum absolute atomic E-state index is 0.845. The topological polar surface area (TPSA) is 21.3 Å². The Balaban J connectivity index is 1.83. The molecular weight excluding hydrogens is 146 g/mol. The van der Waals surface area contributed by atoms with E-state index < -0.39 is 0 Å². The smallest absolute Gasteiger partial charge is 0.0591 e. The molecule has 0 spiro atoms. The maximum atomic E-state index is 5.43. The van der Waals surface area contributed by atoms with E-state index in [2.05, 4.69) is 17.1 Å². The van der Waals surface area contributed by atoms with Crippen LogP contribution in [0.5, 0.6) is 0 Å². The normalized spacial score (nSPS) is 40.8. The second kappa shape index (κ2) is 3.11. The summed E-state index contributed by atoms with van der Waals surface area (Å²) in [6.45, 7) is 4.12. The molecule has 0 amide bonds. The monoisotopic (exact) mass is 159 g/mol. The second-order valence-electron chi connectivity index (χ2n) is 2.91. The zero-order chi connectivity index (χ0) is 6.81. The molecule has 0 radical (unpaired) electrons. The fourth-order valence-electron chi connectivity index (χ4n) is 1.37. The lowest BCUT2D eigenvalue weighted by Gasteiger charge is -2.37. The van der Waals surface area contributed by atoms with E-state index >= 15 is 0 Å². The first kappa shape index (κ1) is 6.95. The average Bonchev–Trinajstić information content (AvgIpc) is 1.89. The lowest BCUT2D eigenvalue weighted by molar-refractivity contribution is 0.0922. The van der Waals surface area contributed by atoms with Crippen LogP contribution in [0.3, 0.4) is 0 Å². The van der Waals surface area contributed by atoms with Gasteiger partial charge in [-0.15, -0.1) is 0 Å². The Hall–Kier alpha value is 0.270. The number of fused-ring (bicyclic) bond motifs is 1. The van der Waals surface area contributed by atoms with Gasteiger partial charge < -0.3 is 10.1 Å². The minimum Gasteiger partial charge on any atom is -0.380 e. The van der Waals surface area contributed by atoms with Crippen molar-refractivity contribution in [1.29, 1.82) is 0 Å². The van der Waals surface area contributed by atoms with Gasteiger partial charge >= 0.3 is 0 Å². The quantitative estimate of drug-likeness (QED) is 0.550. The van der Waals surface area contributed by atoms with Crippen molar-refractivity contribution in [1.82, 2.24) is 5.32 Å². The molecule has 2 rings (SSSR count). The van der Waals surface area contributed by atoms with Crippen LogP contribution in [0.4, 0.5) is 0 Å². The van der Waals surface area contributed by atoms with Gasteiger partial charge in [0, 0.05) is 24.3 Å². The van der Waals surface area contributed by atoms with Gasteiger partial charge in [-0.3, -0.25) is 0 Å². The van der Waals surface area contributed by atoms with Gasteiger partial charge in [-0.25, -0.2) is 0 Å². The largest absolute Gasteiger partial charge is 0.380 e. The van der Waals surface area contributed by atoms with Gasteiger partial charge in [0.15, 0.2) is 0 Å². The molecule has 3 heteroatoms. The molecule has 1 N–H and O–H groups in total. The molecule has 0 bridgehead atoms. The molecule has 0 aromatic carbocycles. The predicted molar refractivity (Wildman–Crippen MR) is 43.4 cm³/mol. The number of thioether (sulfide) groups is 1. The molecule has 2 fully saturated rings. The SMILES string of the molecule is C1COCC2CSC2CN1. The Labute approximate surface area is 65.7 Å². The molecular formula is C7H13NOS. The minimum atomic E-state index is 0.845. The first-order valence-electron chi connectivity index (χ1n) is 3.87. The second-order valence-corrected chi connectivity index (χ2v) is 4.18. The maximum absolute atomic E-state index is 5.43. The Morgan fingerprint density at radius 3 is 3.30 bits per heavy atom. The van der Waals surface area contributed by atoms with Gasteiger partial charge in [0.1, 0.15) is 0 Å². The highest BCUT2D eigenvalue weighted by molar-refractivity contribution is 8.01. The van der Waals surface area contributed by atoms with Gasteiger partial charge in [-0.2, -0.15) is 11.8 Å². The van der Waals surface area contributed by atoms with Crippen LogP contribution >= 0.6 is 11.8 Å². The van der Waals surface area contributed by atoms with Crippen molar-refractivity contribution in [3.8, 4) is 0 Å². The first-order valence-corrected chi connectivity index (χ1v) is 4.92. The molecule has 2 saturated heterocycles. The lowest BCUT2D eigenvalue weighted by Crippen LogP contribution is -2.44. The average molecular weight is 159 g/mol. The maximum Gasteiger partial charge on any atom is 0.0591 e. The van der Waals surface area contributed by atoms with Crippen LogP contribution in [-0.4, -0.2) is 37.3 Å².